The minimum atomic E-state index is -3.21. The maximum atomic E-state index is 11.8. The third-order valence-electron chi connectivity index (χ3n) is 3.12. The lowest BCUT2D eigenvalue weighted by molar-refractivity contribution is 0.576. The number of hydrogen-bond acceptors (Lipinski definition) is 5. The van der Waals surface area contributed by atoms with Crippen LogP contribution in [0.4, 0.5) is 6.01 Å². The first-order chi connectivity index (χ1) is 9.01. The molecule has 6 heteroatoms. The predicted molar refractivity (Wildman–Crippen MR) is 75.3 cm³/mol. The summed E-state index contributed by atoms with van der Waals surface area (Å²) in [6.45, 7) is 7.26. The Morgan fingerprint density at radius 2 is 1.89 bits per heavy atom. The summed E-state index contributed by atoms with van der Waals surface area (Å²) in [4.78, 5) is 6.63. The molecular weight excluding hydrogens is 264 g/mol. The number of rotatable bonds is 5. The summed E-state index contributed by atoms with van der Waals surface area (Å²) < 4.78 is 29.3. The fourth-order valence-corrected chi connectivity index (χ4v) is 2.78. The molecule has 0 saturated heterocycles. The summed E-state index contributed by atoms with van der Waals surface area (Å²) >= 11 is 0. The molecule has 0 spiro atoms. The van der Waals surface area contributed by atoms with Gasteiger partial charge in [0.25, 0.3) is 6.01 Å². The number of fused-ring (bicyclic) bond motifs is 1. The second-order valence-corrected chi connectivity index (χ2v) is 6.48. The molecule has 0 bridgehead atoms. The van der Waals surface area contributed by atoms with E-state index in [1.165, 1.54) is 0 Å². The Balaban J connectivity index is 2.50. The van der Waals surface area contributed by atoms with Crippen LogP contribution in [-0.4, -0.2) is 32.2 Å². The van der Waals surface area contributed by atoms with Crippen molar-refractivity contribution in [2.45, 2.75) is 25.7 Å². The number of oxazole rings is 1. The predicted octanol–water partition coefficient (Wildman–Crippen LogP) is 2.47. The Morgan fingerprint density at radius 3 is 2.47 bits per heavy atom. The average Bonchev–Trinajstić information content (AvgIpc) is 2.82. The SMILES string of the molecule is CCN(CC)c1nc2cc(S(=O)(=O)CC)ccc2o1. The second-order valence-electron chi connectivity index (χ2n) is 4.20. The number of aromatic nitrogens is 1. The van der Waals surface area contributed by atoms with Gasteiger partial charge in [-0.05, 0) is 32.0 Å². The maximum Gasteiger partial charge on any atom is 0.298 e. The Morgan fingerprint density at radius 1 is 1.21 bits per heavy atom. The van der Waals surface area contributed by atoms with E-state index in [2.05, 4.69) is 4.98 Å². The first kappa shape index (κ1) is 13.9. The van der Waals surface area contributed by atoms with Gasteiger partial charge in [-0.15, -0.1) is 0 Å². The quantitative estimate of drug-likeness (QED) is 0.843. The van der Waals surface area contributed by atoms with E-state index >= 15 is 0 Å². The maximum absolute atomic E-state index is 11.8. The molecule has 0 saturated carbocycles. The smallest absolute Gasteiger partial charge is 0.298 e. The average molecular weight is 282 g/mol. The number of anilines is 1. The molecule has 1 heterocycles. The van der Waals surface area contributed by atoms with E-state index in [1.54, 1.807) is 25.1 Å². The zero-order chi connectivity index (χ0) is 14.0. The van der Waals surface area contributed by atoms with Crippen molar-refractivity contribution in [3.05, 3.63) is 18.2 Å². The van der Waals surface area contributed by atoms with Crippen LogP contribution in [0.2, 0.25) is 0 Å². The molecule has 19 heavy (non-hydrogen) atoms. The van der Waals surface area contributed by atoms with E-state index in [9.17, 15) is 8.42 Å². The van der Waals surface area contributed by atoms with Crippen LogP contribution in [0.5, 0.6) is 0 Å². The molecule has 0 amide bonds. The molecule has 0 atom stereocenters. The van der Waals surface area contributed by atoms with E-state index in [0.29, 0.717) is 22.0 Å². The molecule has 5 nitrogen and oxygen atoms in total. The Labute approximate surface area is 113 Å². The van der Waals surface area contributed by atoms with E-state index in [-0.39, 0.29) is 5.75 Å². The van der Waals surface area contributed by atoms with Crippen LogP contribution >= 0.6 is 0 Å². The number of benzene rings is 1. The fourth-order valence-electron chi connectivity index (χ4n) is 1.88. The first-order valence-electron chi connectivity index (χ1n) is 6.40. The molecule has 0 fully saturated rings. The van der Waals surface area contributed by atoms with Gasteiger partial charge in [0.1, 0.15) is 5.52 Å². The van der Waals surface area contributed by atoms with Crippen molar-refractivity contribution in [1.82, 2.24) is 4.98 Å². The van der Waals surface area contributed by atoms with E-state index in [4.69, 9.17) is 4.42 Å². The van der Waals surface area contributed by atoms with Gasteiger partial charge in [0.05, 0.1) is 10.6 Å². The molecule has 1 aromatic carbocycles. The highest BCUT2D eigenvalue weighted by Gasteiger charge is 2.16. The summed E-state index contributed by atoms with van der Waals surface area (Å²) in [6.07, 6.45) is 0. The summed E-state index contributed by atoms with van der Waals surface area (Å²) in [5.41, 5.74) is 1.19. The highest BCUT2D eigenvalue weighted by Crippen LogP contribution is 2.24. The van der Waals surface area contributed by atoms with Gasteiger partial charge in [-0.2, -0.15) is 4.98 Å². The third kappa shape index (κ3) is 2.58. The first-order valence-corrected chi connectivity index (χ1v) is 8.05. The van der Waals surface area contributed by atoms with Crippen LogP contribution in [0.3, 0.4) is 0 Å². The van der Waals surface area contributed by atoms with E-state index < -0.39 is 9.84 Å². The van der Waals surface area contributed by atoms with E-state index in [0.717, 1.165) is 13.1 Å². The molecule has 1 aromatic heterocycles. The van der Waals surface area contributed by atoms with E-state index in [1.807, 2.05) is 18.7 Å². The van der Waals surface area contributed by atoms with Gasteiger partial charge in [-0.1, -0.05) is 6.92 Å². The van der Waals surface area contributed by atoms with Crippen LogP contribution in [0, 0.1) is 0 Å². The zero-order valence-corrected chi connectivity index (χ0v) is 12.2. The van der Waals surface area contributed by atoms with Gasteiger partial charge < -0.3 is 9.32 Å². The standard InChI is InChI=1S/C13H18N2O3S/c1-4-15(5-2)13-14-11-9-10(19(16,17)6-3)7-8-12(11)18-13/h7-9H,4-6H2,1-3H3. The lowest BCUT2D eigenvalue weighted by Crippen LogP contribution is -2.21. The van der Waals surface area contributed by atoms with Crippen molar-refractivity contribution in [2.75, 3.05) is 23.7 Å². The molecule has 2 aromatic rings. The summed E-state index contributed by atoms with van der Waals surface area (Å²) in [5, 5.41) is 0. The molecule has 0 N–H and O–H groups in total. The summed E-state index contributed by atoms with van der Waals surface area (Å²) in [5.74, 6) is 0.0826. The minimum Gasteiger partial charge on any atom is -0.423 e. The van der Waals surface area contributed by atoms with Gasteiger partial charge in [0, 0.05) is 13.1 Å². The van der Waals surface area contributed by atoms with Crippen LogP contribution < -0.4 is 4.90 Å². The van der Waals surface area contributed by atoms with Crippen LogP contribution in [0.1, 0.15) is 20.8 Å². The molecule has 0 aliphatic heterocycles. The summed E-state index contributed by atoms with van der Waals surface area (Å²) in [6, 6.07) is 5.34. The van der Waals surface area contributed by atoms with Gasteiger partial charge >= 0.3 is 0 Å². The Hall–Kier alpha value is -1.56. The highest BCUT2D eigenvalue weighted by molar-refractivity contribution is 7.91. The minimum absolute atomic E-state index is 0.0826. The molecular formula is C13H18N2O3S. The Kier molecular flexibility index (Phi) is 3.80. The van der Waals surface area contributed by atoms with Crippen molar-refractivity contribution < 1.29 is 12.8 Å². The topological polar surface area (TPSA) is 63.4 Å². The molecule has 0 unspecified atom stereocenters. The molecule has 0 aliphatic rings. The van der Waals surface area contributed by atoms with Crippen LogP contribution in [0.25, 0.3) is 11.1 Å². The normalized spacial score (nSPS) is 11.9. The van der Waals surface area contributed by atoms with Gasteiger partial charge in [-0.3, -0.25) is 0 Å². The number of hydrogen-bond donors (Lipinski definition) is 0. The largest absolute Gasteiger partial charge is 0.423 e. The zero-order valence-electron chi connectivity index (χ0n) is 11.4. The van der Waals surface area contributed by atoms with Crippen molar-refractivity contribution in [2.24, 2.45) is 0 Å². The lowest BCUT2D eigenvalue weighted by Gasteiger charge is -2.14. The Bertz CT molecular complexity index is 672. The monoisotopic (exact) mass is 282 g/mol. The molecule has 104 valence electrons. The summed E-state index contributed by atoms with van der Waals surface area (Å²) in [7, 11) is -3.21. The van der Waals surface area contributed by atoms with Gasteiger partial charge in [0.15, 0.2) is 15.4 Å². The van der Waals surface area contributed by atoms with Gasteiger partial charge in [-0.25, -0.2) is 8.42 Å². The third-order valence-corrected chi connectivity index (χ3v) is 4.85. The number of nitrogens with zero attached hydrogens (tertiary/aromatic N) is 2. The molecule has 0 aliphatic carbocycles. The van der Waals surface area contributed by atoms with Crippen molar-refractivity contribution in [3.8, 4) is 0 Å². The van der Waals surface area contributed by atoms with Crippen molar-refractivity contribution >= 4 is 27.0 Å². The fraction of sp³-hybridized carbons (Fsp3) is 0.462. The van der Waals surface area contributed by atoms with Crippen molar-refractivity contribution in [3.63, 3.8) is 0 Å². The van der Waals surface area contributed by atoms with Gasteiger partial charge in [0.2, 0.25) is 0 Å². The lowest BCUT2D eigenvalue weighted by atomic mass is 10.3. The molecule has 0 radical (unpaired) electrons. The molecule has 2 rings (SSSR count). The second kappa shape index (κ2) is 5.21. The van der Waals surface area contributed by atoms with Crippen LogP contribution in [-0.2, 0) is 9.84 Å². The highest BCUT2D eigenvalue weighted by atomic mass is 32.2. The van der Waals surface area contributed by atoms with Crippen LogP contribution in [0.15, 0.2) is 27.5 Å². The number of sulfone groups is 1. The van der Waals surface area contributed by atoms with Crippen molar-refractivity contribution in [1.29, 1.82) is 0 Å².